The van der Waals surface area contributed by atoms with Gasteiger partial charge in [0.1, 0.15) is 18.6 Å². The average molecular weight is 501 g/mol. The maximum atomic E-state index is 12.9. The van der Waals surface area contributed by atoms with Gasteiger partial charge in [0.25, 0.3) is 0 Å². The Hall–Kier alpha value is -3.26. The lowest BCUT2D eigenvalue weighted by atomic mass is 10.0. The first kappa shape index (κ1) is 29.8. The number of hydrogen-bond acceptors (Lipinski definition) is 8. The molecule has 0 aliphatic carbocycles. The Balaban J connectivity index is 2.77. The number of carboxylic acids is 1. The van der Waals surface area contributed by atoms with Crippen molar-refractivity contribution in [2.24, 2.45) is 11.7 Å². The normalized spacial score (nSPS) is 18.9. The molecule has 0 aromatic heterocycles. The minimum atomic E-state index is -1.25. The van der Waals surface area contributed by atoms with Gasteiger partial charge in [0, 0.05) is 13.0 Å². The number of aliphatic hydroxyl groups is 1. The second-order valence-electron chi connectivity index (χ2n) is 8.84. The third-order valence-corrected chi connectivity index (χ3v) is 5.26. The number of nitrogens with one attached hydrogen (secondary N) is 5. The lowest BCUT2D eigenvalue weighted by molar-refractivity contribution is -0.138. The van der Waals surface area contributed by atoms with Crippen LogP contribution in [0.3, 0.4) is 0 Å². The molecule has 0 saturated carbocycles. The van der Waals surface area contributed by atoms with Crippen molar-refractivity contribution < 1.29 is 39.0 Å². The summed E-state index contributed by atoms with van der Waals surface area (Å²) in [6, 6.07) is -2.93. The van der Waals surface area contributed by atoms with E-state index in [1.165, 1.54) is 0 Å². The molecule has 1 heterocycles. The highest BCUT2D eigenvalue weighted by molar-refractivity contribution is 5.94. The standard InChI is InChI=1S/C21H36N6O8/c1-11(2)3-4-13(19(33)25-10-18(31)32)27-21(35)14(5-6-16(22)29)26-17(30)9-24-20(34)15-7-12(28)8-23-15/h11-15,23,28H,3-10H2,1-2H3,(H2,22,29)(H,24,34)(H,25,33)(H,26,30)(H,27,35)(H,31,32)/t12-,13-,14+,15+/m1/s1. The lowest BCUT2D eigenvalue weighted by Gasteiger charge is -2.23. The number of β-amino-alcohol motifs (C(OH)–C–C–N with tert-alkyl or cyclic N) is 1. The molecule has 1 aliphatic heterocycles. The molecular weight excluding hydrogens is 464 g/mol. The monoisotopic (exact) mass is 500 g/mol. The van der Waals surface area contributed by atoms with Crippen molar-refractivity contribution >= 4 is 35.5 Å². The number of aliphatic carboxylic acids is 1. The summed E-state index contributed by atoms with van der Waals surface area (Å²) in [7, 11) is 0. The summed E-state index contributed by atoms with van der Waals surface area (Å²) < 4.78 is 0. The summed E-state index contributed by atoms with van der Waals surface area (Å²) >= 11 is 0. The van der Waals surface area contributed by atoms with Crippen molar-refractivity contribution in [1.29, 1.82) is 0 Å². The van der Waals surface area contributed by atoms with Crippen molar-refractivity contribution in [3.63, 3.8) is 0 Å². The molecule has 1 fully saturated rings. The van der Waals surface area contributed by atoms with Gasteiger partial charge in [0.2, 0.25) is 29.5 Å². The van der Waals surface area contributed by atoms with E-state index >= 15 is 0 Å². The number of rotatable bonds is 15. The molecule has 1 rings (SSSR count). The number of primary amides is 1. The Labute approximate surface area is 203 Å². The van der Waals surface area contributed by atoms with Gasteiger partial charge < -0.3 is 42.5 Å². The van der Waals surface area contributed by atoms with Crippen LogP contribution in [-0.4, -0.2) is 89.6 Å². The first-order valence-electron chi connectivity index (χ1n) is 11.5. The van der Waals surface area contributed by atoms with E-state index in [1.807, 2.05) is 13.8 Å². The van der Waals surface area contributed by atoms with Gasteiger partial charge >= 0.3 is 5.97 Å². The fourth-order valence-corrected chi connectivity index (χ4v) is 3.34. The summed E-state index contributed by atoms with van der Waals surface area (Å²) in [5.74, 6) is -4.40. The molecular formula is C21H36N6O8. The smallest absolute Gasteiger partial charge is 0.322 e. The second-order valence-corrected chi connectivity index (χ2v) is 8.84. The number of carbonyl (C=O) groups is 6. The maximum absolute atomic E-state index is 12.9. The van der Waals surface area contributed by atoms with E-state index in [-0.39, 0.29) is 38.1 Å². The van der Waals surface area contributed by atoms with Gasteiger partial charge in [-0.1, -0.05) is 13.8 Å². The van der Waals surface area contributed by atoms with E-state index in [0.29, 0.717) is 6.42 Å². The van der Waals surface area contributed by atoms with Gasteiger partial charge in [0.15, 0.2) is 0 Å². The Kier molecular flexibility index (Phi) is 12.7. The number of amides is 5. The summed E-state index contributed by atoms with van der Waals surface area (Å²) in [6.45, 7) is 3.02. The Morgan fingerprint density at radius 3 is 2.14 bits per heavy atom. The van der Waals surface area contributed by atoms with Crippen molar-refractivity contribution in [1.82, 2.24) is 26.6 Å². The molecule has 4 atom stereocenters. The van der Waals surface area contributed by atoms with Crippen LogP contribution in [0.5, 0.6) is 0 Å². The summed E-state index contributed by atoms with van der Waals surface area (Å²) in [6.07, 6.45) is -0.0422. The van der Waals surface area contributed by atoms with Crippen LogP contribution in [0.15, 0.2) is 0 Å². The van der Waals surface area contributed by atoms with Crippen LogP contribution >= 0.6 is 0 Å². The first-order chi connectivity index (χ1) is 16.4. The molecule has 0 unspecified atom stereocenters. The van der Waals surface area contributed by atoms with Gasteiger partial charge in [0.05, 0.1) is 18.7 Å². The number of carboxylic acid groups (broad SMARTS) is 1. The fraction of sp³-hybridized carbons (Fsp3) is 0.714. The molecule has 14 heteroatoms. The molecule has 0 aromatic rings. The number of nitrogens with two attached hydrogens (primary N) is 1. The van der Waals surface area contributed by atoms with Gasteiger partial charge in [-0.3, -0.25) is 28.8 Å². The lowest BCUT2D eigenvalue weighted by Crippen LogP contribution is -2.55. The maximum Gasteiger partial charge on any atom is 0.322 e. The van der Waals surface area contributed by atoms with Gasteiger partial charge in [-0.2, -0.15) is 0 Å². The summed E-state index contributed by atoms with van der Waals surface area (Å²) in [5, 5.41) is 30.6. The van der Waals surface area contributed by atoms with Gasteiger partial charge in [-0.25, -0.2) is 0 Å². The van der Waals surface area contributed by atoms with E-state index in [0.717, 1.165) is 0 Å². The average Bonchev–Trinajstić information content (AvgIpc) is 3.21. The van der Waals surface area contributed by atoms with Crippen molar-refractivity contribution in [2.45, 2.75) is 70.2 Å². The van der Waals surface area contributed by atoms with Crippen molar-refractivity contribution in [3.05, 3.63) is 0 Å². The first-order valence-corrected chi connectivity index (χ1v) is 11.5. The van der Waals surface area contributed by atoms with Gasteiger partial charge in [-0.15, -0.1) is 0 Å². The number of hydrogen-bond donors (Lipinski definition) is 8. The van der Waals surface area contributed by atoms with Crippen molar-refractivity contribution in [2.75, 3.05) is 19.6 Å². The number of aliphatic hydroxyl groups excluding tert-OH is 1. The van der Waals surface area contributed by atoms with E-state index in [9.17, 15) is 33.9 Å². The molecule has 1 saturated heterocycles. The molecule has 0 spiro atoms. The summed E-state index contributed by atoms with van der Waals surface area (Å²) in [5.41, 5.74) is 5.16. The predicted octanol–water partition coefficient (Wildman–Crippen LogP) is -3.30. The van der Waals surface area contributed by atoms with E-state index in [4.69, 9.17) is 10.8 Å². The van der Waals surface area contributed by atoms with Crippen LogP contribution in [0.25, 0.3) is 0 Å². The molecule has 35 heavy (non-hydrogen) atoms. The topological polar surface area (TPSA) is 229 Å². The Morgan fingerprint density at radius 1 is 0.943 bits per heavy atom. The number of carbonyl (C=O) groups excluding carboxylic acids is 5. The van der Waals surface area contributed by atoms with Crippen molar-refractivity contribution in [3.8, 4) is 0 Å². The zero-order valence-corrected chi connectivity index (χ0v) is 20.0. The van der Waals surface area contributed by atoms with E-state index in [2.05, 4.69) is 26.6 Å². The third kappa shape index (κ3) is 12.1. The summed E-state index contributed by atoms with van der Waals surface area (Å²) in [4.78, 5) is 71.7. The molecule has 1 aliphatic rings. The Morgan fingerprint density at radius 2 is 1.60 bits per heavy atom. The minimum absolute atomic E-state index is 0.148. The van der Waals surface area contributed by atoms with Crippen LogP contribution < -0.4 is 32.3 Å². The molecule has 5 amide bonds. The SMILES string of the molecule is CC(C)CC[C@@H](NC(=O)[C@H](CCC(N)=O)NC(=O)CNC(=O)[C@@H]1C[C@@H](O)CN1)C(=O)NCC(=O)O. The zero-order chi connectivity index (χ0) is 26.5. The van der Waals surface area contributed by atoms with Crippen LogP contribution in [0.1, 0.15) is 46.0 Å². The van der Waals surface area contributed by atoms with Crippen LogP contribution in [0, 0.1) is 5.92 Å². The molecule has 198 valence electrons. The second kappa shape index (κ2) is 14.9. The van der Waals surface area contributed by atoms with Crippen LogP contribution in [0.2, 0.25) is 0 Å². The minimum Gasteiger partial charge on any atom is -0.480 e. The largest absolute Gasteiger partial charge is 0.480 e. The molecule has 0 bridgehead atoms. The molecule has 0 radical (unpaired) electrons. The quantitative estimate of drug-likeness (QED) is 0.112. The Bertz CT molecular complexity index is 790. The zero-order valence-electron chi connectivity index (χ0n) is 20.0. The third-order valence-electron chi connectivity index (χ3n) is 5.26. The highest BCUT2D eigenvalue weighted by Crippen LogP contribution is 2.09. The highest BCUT2D eigenvalue weighted by atomic mass is 16.4. The fourth-order valence-electron chi connectivity index (χ4n) is 3.34. The van der Waals surface area contributed by atoms with E-state index < -0.39 is 72.8 Å². The molecule has 0 aromatic carbocycles. The van der Waals surface area contributed by atoms with Gasteiger partial charge in [-0.05, 0) is 31.6 Å². The van der Waals surface area contributed by atoms with Crippen LogP contribution in [0.4, 0.5) is 0 Å². The highest BCUT2D eigenvalue weighted by Gasteiger charge is 2.30. The van der Waals surface area contributed by atoms with E-state index in [1.54, 1.807) is 0 Å². The predicted molar refractivity (Wildman–Crippen MR) is 122 cm³/mol. The molecule has 14 nitrogen and oxygen atoms in total. The molecule has 9 N–H and O–H groups in total. The van der Waals surface area contributed by atoms with Crippen LogP contribution in [-0.2, 0) is 28.8 Å².